The van der Waals surface area contributed by atoms with E-state index in [0.717, 1.165) is 84.4 Å². The summed E-state index contributed by atoms with van der Waals surface area (Å²) in [6, 6.07) is 18.7. The van der Waals surface area contributed by atoms with E-state index in [0.29, 0.717) is 10.8 Å². The first-order valence-electron chi connectivity index (χ1n) is 19.9. The predicted octanol–water partition coefficient (Wildman–Crippen LogP) is 11.6. The van der Waals surface area contributed by atoms with Gasteiger partial charge >= 0.3 is 48.9 Å². The average molecular weight is 888 g/mol. The van der Waals surface area contributed by atoms with Crippen LogP contribution in [0, 0.1) is 0 Å². The molecule has 0 fully saturated rings. The summed E-state index contributed by atoms with van der Waals surface area (Å²) in [6.07, 6.45) is 22.4. The number of hydrogen-bond acceptors (Lipinski definition) is 6. The van der Waals surface area contributed by atoms with Crippen molar-refractivity contribution in [2.24, 2.45) is 0 Å². The second kappa shape index (κ2) is 25.1. The Bertz CT molecular complexity index is 1770. The number of fused-ring (bicyclic) bond motifs is 2. The van der Waals surface area contributed by atoms with E-state index in [1.54, 1.807) is 0 Å². The molecule has 0 saturated carbocycles. The molecule has 0 heterocycles. The molecule has 53 heavy (non-hydrogen) atoms. The zero-order valence-corrected chi connectivity index (χ0v) is 39.0. The molecule has 0 atom stereocenters. The Morgan fingerprint density at radius 2 is 0.717 bits per heavy atom. The largest absolute Gasteiger partial charge is 2.00 e. The van der Waals surface area contributed by atoms with Crippen molar-refractivity contribution in [3.05, 3.63) is 82.9 Å². The van der Waals surface area contributed by atoms with E-state index < -0.39 is 20.2 Å². The molecule has 0 bridgehead atoms. The second-order valence-electron chi connectivity index (χ2n) is 14.4. The molecule has 0 aromatic heterocycles. The van der Waals surface area contributed by atoms with Gasteiger partial charge in [-0.05, 0) is 119 Å². The van der Waals surface area contributed by atoms with Crippen LogP contribution in [-0.4, -0.2) is 74.8 Å². The summed E-state index contributed by atoms with van der Waals surface area (Å²) in [6.45, 7) is 8.74. The van der Waals surface area contributed by atoms with Crippen LogP contribution >= 0.6 is 0 Å². The molecule has 0 radical (unpaired) electrons. The molecule has 0 saturated heterocycles. The molecule has 0 N–H and O–H groups in total. The van der Waals surface area contributed by atoms with Gasteiger partial charge in [-0.1, -0.05) is 141 Å². The summed E-state index contributed by atoms with van der Waals surface area (Å²) in [7, 11) is -8.94. The molecule has 0 spiro atoms. The van der Waals surface area contributed by atoms with Crippen LogP contribution in [0.5, 0.6) is 0 Å². The molecule has 0 aliphatic heterocycles. The van der Waals surface area contributed by atoms with Crippen molar-refractivity contribution in [2.45, 2.75) is 166 Å². The van der Waals surface area contributed by atoms with E-state index in [9.17, 15) is 25.9 Å². The monoisotopic (exact) mass is 888 g/mol. The van der Waals surface area contributed by atoms with Gasteiger partial charge in [-0.2, -0.15) is 0 Å². The van der Waals surface area contributed by atoms with Crippen LogP contribution in [0.2, 0.25) is 0 Å². The molecule has 4 rings (SSSR count). The van der Waals surface area contributed by atoms with E-state index in [1.165, 1.54) is 89.2 Å². The molecule has 4 aromatic rings. The van der Waals surface area contributed by atoms with Gasteiger partial charge in [0, 0.05) is 0 Å². The third-order valence-corrected chi connectivity index (χ3v) is 11.8. The number of benzene rings is 4. The topological polar surface area (TPSA) is 114 Å². The fraction of sp³-hybridized carbons (Fsp3) is 0.545. The Hall–Kier alpha value is -1.21. The minimum atomic E-state index is -4.47. The molecule has 6 nitrogen and oxygen atoms in total. The minimum absolute atomic E-state index is 0. The van der Waals surface area contributed by atoms with Crippen molar-refractivity contribution in [1.82, 2.24) is 0 Å². The third kappa shape index (κ3) is 16.1. The van der Waals surface area contributed by atoms with Crippen LogP contribution in [-0.2, 0) is 45.9 Å². The summed E-state index contributed by atoms with van der Waals surface area (Å²) < 4.78 is 70.3. The van der Waals surface area contributed by atoms with Crippen LogP contribution in [0.15, 0.2) is 70.5 Å². The summed E-state index contributed by atoms with van der Waals surface area (Å²) in [5.74, 6) is 0. The van der Waals surface area contributed by atoms with Crippen molar-refractivity contribution in [1.29, 1.82) is 0 Å². The van der Waals surface area contributed by atoms with Crippen LogP contribution in [0.3, 0.4) is 0 Å². The molecule has 0 aliphatic rings. The molecule has 0 unspecified atom stereocenters. The van der Waals surface area contributed by atoms with Crippen molar-refractivity contribution in [3.63, 3.8) is 0 Å². The van der Waals surface area contributed by atoms with Crippen molar-refractivity contribution >= 4 is 90.7 Å². The number of unbranched alkanes of at least 4 members (excludes halogenated alkanes) is 12. The van der Waals surface area contributed by atoms with E-state index in [2.05, 4.69) is 39.8 Å². The first-order valence-corrected chi connectivity index (χ1v) is 22.8. The Morgan fingerprint density at radius 1 is 0.396 bits per heavy atom. The van der Waals surface area contributed by atoms with Gasteiger partial charge in [0.2, 0.25) is 0 Å². The smallest absolute Gasteiger partial charge is 0.744 e. The van der Waals surface area contributed by atoms with E-state index in [-0.39, 0.29) is 58.7 Å². The molecule has 9 heteroatoms. The Balaban J connectivity index is 0.000000360. The average Bonchev–Trinajstić information content (AvgIpc) is 3.11. The number of hydrogen-bond donors (Lipinski definition) is 0. The molecule has 288 valence electrons. The Morgan fingerprint density at radius 3 is 1.02 bits per heavy atom. The van der Waals surface area contributed by atoms with Crippen molar-refractivity contribution < 1.29 is 25.9 Å². The summed E-state index contributed by atoms with van der Waals surface area (Å²) in [5.41, 5.74) is 4.50. The predicted molar refractivity (Wildman–Crippen MR) is 221 cm³/mol. The molecular weight excluding hydrogens is 826 g/mol. The van der Waals surface area contributed by atoms with E-state index >= 15 is 0 Å². The van der Waals surface area contributed by atoms with Crippen LogP contribution in [0.1, 0.15) is 153 Å². The van der Waals surface area contributed by atoms with Crippen LogP contribution < -0.4 is 0 Å². The minimum Gasteiger partial charge on any atom is -0.744 e. The van der Waals surface area contributed by atoms with Gasteiger partial charge in [0.25, 0.3) is 0 Å². The molecular formula is C44H62BaO6S2. The Kier molecular flexibility index (Phi) is 22.7. The van der Waals surface area contributed by atoms with Gasteiger partial charge < -0.3 is 9.11 Å². The van der Waals surface area contributed by atoms with Crippen molar-refractivity contribution in [2.75, 3.05) is 0 Å². The zero-order valence-electron chi connectivity index (χ0n) is 32.9. The quantitative estimate of drug-likeness (QED) is 0.0441. The third-order valence-electron chi connectivity index (χ3n) is 10.0. The molecule has 0 aliphatic carbocycles. The van der Waals surface area contributed by atoms with Crippen LogP contribution in [0.4, 0.5) is 0 Å². The Labute approximate surface area is 361 Å². The first kappa shape index (κ1) is 47.9. The summed E-state index contributed by atoms with van der Waals surface area (Å²) >= 11 is 0. The summed E-state index contributed by atoms with van der Waals surface area (Å²) in [4.78, 5) is -0.166. The van der Waals surface area contributed by atoms with Gasteiger partial charge in [-0.15, -0.1) is 0 Å². The van der Waals surface area contributed by atoms with Gasteiger partial charge in [-0.25, -0.2) is 16.8 Å². The number of rotatable bonds is 22. The normalized spacial score (nSPS) is 11.7. The van der Waals surface area contributed by atoms with E-state index in [1.807, 2.05) is 36.4 Å². The number of aryl methyl sites for hydroxylation is 4. The maximum Gasteiger partial charge on any atom is 2.00 e. The van der Waals surface area contributed by atoms with E-state index in [4.69, 9.17) is 0 Å². The molecule has 4 aromatic carbocycles. The van der Waals surface area contributed by atoms with Gasteiger partial charge in [0.1, 0.15) is 20.2 Å². The fourth-order valence-electron chi connectivity index (χ4n) is 7.04. The maximum absolute atomic E-state index is 11.7. The standard InChI is InChI=1S/2C22H32O3S.Ba/c2*1-3-5-7-9-11-18-13-15-20-19(12-10-8-6-4-2)14-16-22(21(20)17-18)26(23,24)25;/h2*13-17H,3-12H2,1-2H3,(H,23,24,25);/q;;+2/p-2. The molecule has 0 amide bonds. The van der Waals surface area contributed by atoms with Gasteiger partial charge in [0.05, 0.1) is 9.79 Å². The first-order chi connectivity index (χ1) is 24.9. The van der Waals surface area contributed by atoms with Gasteiger partial charge in [-0.3, -0.25) is 0 Å². The fourth-order valence-corrected chi connectivity index (χ4v) is 8.39. The summed E-state index contributed by atoms with van der Waals surface area (Å²) in [5, 5.41) is 3.02. The van der Waals surface area contributed by atoms with Crippen molar-refractivity contribution in [3.8, 4) is 0 Å². The van der Waals surface area contributed by atoms with Gasteiger partial charge in [0.15, 0.2) is 0 Å². The SMILES string of the molecule is CCCCCCc1ccc2c(CCCCCC)ccc(S(=O)(=O)[O-])c2c1.CCCCCCc1ccc2c(CCCCCC)ccc(S(=O)(=O)[O-])c2c1.[Ba+2]. The maximum atomic E-state index is 11.7. The van der Waals surface area contributed by atoms with Crippen LogP contribution in [0.25, 0.3) is 21.5 Å². The second-order valence-corrected chi connectivity index (χ2v) is 17.1. The zero-order chi connectivity index (χ0) is 38.0.